The second-order valence-corrected chi connectivity index (χ2v) is 4.07. The van der Waals surface area contributed by atoms with Crippen molar-refractivity contribution in [3.05, 3.63) is 0 Å². The van der Waals surface area contributed by atoms with Crippen LogP contribution >= 0.6 is 0 Å². The topological polar surface area (TPSA) is 20.3 Å². The predicted octanol–water partition coefficient (Wildman–Crippen LogP) is 0.916. The highest BCUT2D eigenvalue weighted by Gasteiger charge is 2.48. The van der Waals surface area contributed by atoms with E-state index in [1.54, 1.807) is 0 Å². The molecule has 0 saturated heterocycles. The number of Topliss-reactive ketones (excluding diaryl/α,β-unsaturated/α-hetero) is 1. The van der Waals surface area contributed by atoms with Gasteiger partial charge in [-0.2, -0.15) is 0 Å². The Hall–Kier alpha value is -0.370. The van der Waals surface area contributed by atoms with E-state index in [-0.39, 0.29) is 0 Å². The van der Waals surface area contributed by atoms with Crippen molar-refractivity contribution < 1.29 is 4.79 Å². The van der Waals surface area contributed by atoms with Crippen LogP contribution in [0.15, 0.2) is 0 Å². The van der Waals surface area contributed by atoms with Crippen LogP contribution in [0.3, 0.4) is 0 Å². The van der Waals surface area contributed by atoms with E-state index in [1.165, 1.54) is 6.42 Å². The molecule has 0 amide bonds. The summed E-state index contributed by atoms with van der Waals surface area (Å²) in [7, 11) is 4.18. The average Bonchev–Trinajstić information content (AvgIpc) is 2.41. The number of carbonyl (C=O) groups is 1. The molecule has 2 rings (SSSR count). The van der Waals surface area contributed by atoms with Gasteiger partial charge in [0.25, 0.3) is 0 Å². The van der Waals surface area contributed by atoms with Crippen LogP contribution in [0.5, 0.6) is 0 Å². The molecule has 2 aliphatic rings. The van der Waals surface area contributed by atoms with E-state index < -0.39 is 0 Å². The number of carbonyl (C=O) groups excluding carboxylic acids is 1. The fraction of sp³-hybridized carbons (Fsp3) is 0.889. The molecule has 2 heteroatoms. The standard InChI is InChI=1S/C9H15NO/c1-10(2)9-6-3-4-7(9)8(11)5-6/h6-7,9H,3-5H2,1-2H3/t6-,7+,9?/m0/s1. The summed E-state index contributed by atoms with van der Waals surface area (Å²) < 4.78 is 0. The minimum absolute atomic E-state index is 0.384. The average molecular weight is 153 g/mol. The van der Waals surface area contributed by atoms with Crippen molar-refractivity contribution in [1.29, 1.82) is 0 Å². The Bertz CT molecular complexity index is 188. The Morgan fingerprint density at radius 1 is 1.36 bits per heavy atom. The van der Waals surface area contributed by atoms with Gasteiger partial charge in [-0.1, -0.05) is 0 Å². The molecular formula is C9H15NO. The third-order valence-corrected chi connectivity index (χ3v) is 3.22. The normalized spacial score (nSPS) is 42.5. The first-order chi connectivity index (χ1) is 5.20. The van der Waals surface area contributed by atoms with Gasteiger partial charge in [-0.15, -0.1) is 0 Å². The van der Waals surface area contributed by atoms with E-state index in [2.05, 4.69) is 19.0 Å². The molecule has 62 valence electrons. The maximum atomic E-state index is 11.3. The van der Waals surface area contributed by atoms with Gasteiger partial charge in [0.2, 0.25) is 0 Å². The molecule has 1 unspecified atom stereocenters. The van der Waals surface area contributed by atoms with Crippen molar-refractivity contribution in [2.45, 2.75) is 25.3 Å². The zero-order valence-electron chi connectivity index (χ0n) is 7.21. The van der Waals surface area contributed by atoms with Crippen LogP contribution in [0.4, 0.5) is 0 Å². The van der Waals surface area contributed by atoms with Crippen molar-refractivity contribution in [2.75, 3.05) is 14.1 Å². The molecule has 0 aromatic heterocycles. The van der Waals surface area contributed by atoms with Crippen molar-refractivity contribution in [3.8, 4) is 0 Å². The quantitative estimate of drug-likeness (QED) is 0.558. The molecule has 0 aromatic rings. The first-order valence-electron chi connectivity index (χ1n) is 4.39. The Kier molecular flexibility index (Phi) is 1.53. The number of hydrogen-bond acceptors (Lipinski definition) is 2. The Morgan fingerprint density at radius 2 is 2.09 bits per heavy atom. The van der Waals surface area contributed by atoms with Crippen molar-refractivity contribution in [2.24, 2.45) is 11.8 Å². The SMILES string of the molecule is CN(C)C1[C@H]2CC[C@@H]1C(=O)C2. The van der Waals surface area contributed by atoms with Crippen LogP contribution in [0, 0.1) is 11.8 Å². The highest BCUT2D eigenvalue weighted by atomic mass is 16.1. The second-order valence-electron chi connectivity index (χ2n) is 4.07. The molecule has 2 nitrogen and oxygen atoms in total. The van der Waals surface area contributed by atoms with Gasteiger partial charge in [-0.25, -0.2) is 0 Å². The van der Waals surface area contributed by atoms with E-state index >= 15 is 0 Å². The van der Waals surface area contributed by atoms with Crippen LogP contribution in [0.2, 0.25) is 0 Å². The number of fused-ring (bicyclic) bond motifs is 2. The largest absolute Gasteiger partial charge is 0.305 e. The molecule has 11 heavy (non-hydrogen) atoms. The van der Waals surface area contributed by atoms with E-state index in [9.17, 15) is 4.79 Å². The number of rotatable bonds is 1. The number of ketones is 1. The Labute approximate surface area is 67.6 Å². The zero-order valence-corrected chi connectivity index (χ0v) is 7.21. The summed E-state index contributed by atoms with van der Waals surface area (Å²) in [6.07, 6.45) is 3.28. The van der Waals surface area contributed by atoms with E-state index in [0.29, 0.717) is 23.7 Å². The first-order valence-corrected chi connectivity index (χ1v) is 4.39. The Morgan fingerprint density at radius 3 is 2.36 bits per heavy atom. The summed E-state index contributed by atoms with van der Waals surface area (Å²) >= 11 is 0. The predicted molar refractivity (Wildman–Crippen MR) is 43.3 cm³/mol. The van der Waals surface area contributed by atoms with Crippen molar-refractivity contribution >= 4 is 5.78 Å². The lowest BCUT2D eigenvalue weighted by molar-refractivity contribution is -0.122. The Balaban J connectivity index is 2.19. The van der Waals surface area contributed by atoms with Gasteiger partial charge in [-0.3, -0.25) is 4.79 Å². The van der Waals surface area contributed by atoms with Gasteiger partial charge in [0.05, 0.1) is 0 Å². The molecule has 0 radical (unpaired) electrons. The molecule has 2 saturated carbocycles. The molecule has 0 N–H and O–H groups in total. The number of nitrogens with zero attached hydrogens (tertiary/aromatic N) is 1. The number of hydrogen-bond donors (Lipinski definition) is 0. The first kappa shape index (κ1) is 7.29. The minimum atomic E-state index is 0.384. The molecular weight excluding hydrogens is 138 g/mol. The molecule has 2 fully saturated rings. The van der Waals surface area contributed by atoms with Gasteiger partial charge in [-0.05, 0) is 32.9 Å². The van der Waals surface area contributed by atoms with Gasteiger partial charge >= 0.3 is 0 Å². The monoisotopic (exact) mass is 153 g/mol. The smallest absolute Gasteiger partial charge is 0.137 e. The van der Waals surface area contributed by atoms with E-state index in [4.69, 9.17) is 0 Å². The second kappa shape index (κ2) is 2.31. The van der Waals surface area contributed by atoms with Crippen LogP contribution in [-0.4, -0.2) is 30.8 Å². The summed E-state index contributed by atoms with van der Waals surface area (Å²) in [6, 6.07) is 0.572. The van der Waals surface area contributed by atoms with Crippen LogP contribution < -0.4 is 0 Å². The van der Waals surface area contributed by atoms with Crippen LogP contribution in [0.25, 0.3) is 0 Å². The van der Waals surface area contributed by atoms with Crippen LogP contribution in [-0.2, 0) is 4.79 Å². The minimum Gasteiger partial charge on any atom is -0.305 e. The van der Waals surface area contributed by atoms with Gasteiger partial charge in [0.1, 0.15) is 5.78 Å². The van der Waals surface area contributed by atoms with Gasteiger partial charge in [0.15, 0.2) is 0 Å². The van der Waals surface area contributed by atoms with Crippen LogP contribution in [0.1, 0.15) is 19.3 Å². The fourth-order valence-corrected chi connectivity index (χ4v) is 2.83. The van der Waals surface area contributed by atoms with E-state index in [0.717, 1.165) is 12.8 Å². The van der Waals surface area contributed by atoms with Gasteiger partial charge in [0, 0.05) is 18.4 Å². The maximum Gasteiger partial charge on any atom is 0.137 e. The summed E-state index contributed by atoms with van der Waals surface area (Å²) in [4.78, 5) is 13.6. The molecule has 3 atom stereocenters. The highest BCUT2D eigenvalue weighted by molar-refractivity contribution is 5.85. The van der Waals surface area contributed by atoms with Crippen molar-refractivity contribution in [1.82, 2.24) is 4.90 Å². The maximum absolute atomic E-state index is 11.3. The highest BCUT2D eigenvalue weighted by Crippen LogP contribution is 2.44. The van der Waals surface area contributed by atoms with Gasteiger partial charge < -0.3 is 4.90 Å². The third kappa shape index (κ3) is 0.924. The summed E-state index contributed by atoms with van der Waals surface area (Å²) in [5.74, 6) is 1.58. The lowest BCUT2D eigenvalue weighted by Gasteiger charge is -2.22. The summed E-state index contributed by atoms with van der Waals surface area (Å²) in [5.41, 5.74) is 0. The fourth-order valence-electron chi connectivity index (χ4n) is 2.83. The zero-order chi connectivity index (χ0) is 8.01. The molecule has 0 aromatic carbocycles. The van der Waals surface area contributed by atoms with E-state index in [1.807, 2.05) is 0 Å². The lowest BCUT2D eigenvalue weighted by atomic mass is 10.00. The molecule has 0 spiro atoms. The molecule has 2 bridgehead atoms. The lowest BCUT2D eigenvalue weighted by Crippen LogP contribution is -2.32. The molecule has 2 aliphatic carbocycles. The molecule has 0 aliphatic heterocycles. The summed E-state index contributed by atoms with van der Waals surface area (Å²) in [6.45, 7) is 0. The molecule has 0 heterocycles. The summed E-state index contributed by atoms with van der Waals surface area (Å²) in [5, 5.41) is 0. The third-order valence-electron chi connectivity index (χ3n) is 3.22. The van der Waals surface area contributed by atoms with Crippen molar-refractivity contribution in [3.63, 3.8) is 0 Å².